The monoisotopic (exact) mass is 284 g/mol. The maximum atomic E-state index is 5.38. The van der Waals surface area contributed by atoms with Gasteiger partial charge in [0.1, 0.15) is 5.69 Å². The van der Waals surface area contributed by atoms with Crippen LogP contribution < -0.4 is 0 Å². The van der Waals surface area contributed by atoms with Crippen molar-refractivity contribution in [2.24, 2.45) is 0 Å². The van der Waals surface area contributed by atoms with E-state index in [0.717, 1.165) is 24.4 Å². The van der Waals surface area contributed by atoms with E-state index in [2.05, 4.69) is 20.1 Å². The average molecular weight is 284 g/mol. The largest absolute Gasteiger partial charge is 0.332 e. The van der Waals surface area contributed by atoms with Gasteiger partial charge < -0.3 is 4.52 Å². The van der Waals surface area contributed by atoms with Crippen LogP contribution in [-0.4, -0.2) is 20.1 Å². The first-order valence-corrected chi connectivity index (χ1v) is 7.46. The molecule has 0 aliphatic heterocycles. The van der Waals surface area contributed by atoms with Gasteiger partial charge >= 0.3 is 0 Å². The van der Waals surface area contributed by atoms with Crippen LogP contribution in [0.3, 0.4) is 0 Å². The molecule has 100 valence electrons. The van der Waals surface area contributed by atoms with E-state index in [1.807, 2.05) is 29.9 Å². The predicted molar refractivity (Wildman–Crippen MR) is 74.3 cm³/mol. The molecule has 4 rings (SSSR count). The van der Waals surface area contributed by atoms with Crippen molar-refractivity contribution in [1.82, 2.24) is 20.1 Å². The molecule has 1 fully saturated rings. The molecule has 0 N–H and O–H groups in total. The molecule has 0 bridgehead atoms. The zero-order chi connectivity index (χ0) is 13.4. The summed E-state index contributed by atoms with van der Waals surface area (Å²) in [4.78, 5) is 12.9. The molecule has 20 heavy (non-hydrogen) atoms. The van der Waals surface area contributed by atoms with Gasteiger partial charge in [-0.1, -0.05) is 11.6 Å². The van der Waals surface area contributed by atoms with Crippen molar-refractivity contribution >= 4 is 11.3 Å². The molecule has 0 unspecified atom stereocenters. The molecular formula is C14H12N4OS. The van der Waals surface area contributed by atoms with Crippen molar-refractivity contribution in [2.75, 3.05) is 0 Å². The summed E-state index contributed by atoms with van der Waals surface area (Å²) in [6.07, 6.45) is 6.91. The molecular weight excluding hydrogens is 272 g/mol. The van der Waals surface area contributed by atoms with E-state index >= 15 is 0 Å². The highest BCUT2D eigenvalue weighted by Crippen LogP contribution is 2.47. The zero-order valence-electron chi connectivity index (χ0n) is 10.7. The molecule has 1 aliphatic carbocycles. The van der Waals surface area contributed by atoms with Gasteiger partial charge in [-0.05, 0) is 30.5 Å². The Morgan fingerprint density at radius 3 is 2.70 bits per heavy atom. The second-order valence-corrected chi connectivity index (χ2v) is 5.69. The molecule has 3 heterocycles. The molecule has 0 radical (unpaired) electrons. The summed E-state index contributed by atoms with van der Waals surface area (Å²) in [6.45, 7) is 0. The Hall–Kier alpha value is -2.08. The lowest BCUT2D eigenvalue weighted by molar-refractivity contribution is 0.272. The molecule has 0 atom stereocenters. The average Bonchev–Trinajstić information content (AvgIpc) is 3.09. The Balaban J connectivity index is 1.76. The molecule has 6 heteroatoms. The quantitative estimate of drug-likeness (QED) is 0.739. The Morgan fingerprint density at radius 2 is 2.05 bits per heavy atom. The molecule has 0 amide bonds. The predicted octanol–water partition coefficient (Wildman–Crippen LogP) is 3.06. The van der Waals surface area contributed by atoms with Crippen LogP contribution in [0.4, 0.5) is 0 Å². The highest BCUT2D eigenvalue weighted by atomic mass is 32.1. The minimum Gasteiger partial charge on any atom is -0.332 e. The molecule has 0 aromatic carbocycles. The first-order chi connectivity index (χ1) is 9.88. The minimum absolute atomic E-state index is 0.110. The standard InChI is InChI=1S/C14H12N4OS/c1-4-14(5-1,10-2-6-15-7-3-10)13-17-12(19-18-13)11-8-20-9-16-11/h2-3,6-9H,1,4-5H2. The Morgan fingerprint density at radius 1 is 1.20 bits per heavy atom. The first-order valence-electron chi connectivity index (χ1n) is 6.52. The van der Waals surface area contributed by atoms with Gasteiger partial charge in [0, 0.05) is 17.8 Å². The van der Waals surface area contributed by atoms with E-state index in [1.165, 1.54) is 23.3 Å². The number of nitrogens with zero attached hydrogens (tertiary/aromatic N) is 4. The minimum atomic E-state index is -0.110. The number of hydrogen-bond donors (Lipinski definition) is 0. The van der Waals surface area contributed by atoms with E-state index in [4.69, 9.17) is 4.52 Å². The van der Waals surface area contributed by atoms with Gasteiger partial charge in [-0.25, -0.2) is 4.98 Å². The SMILES string of the molecule is c1cc(C2(c3noc(-c4cscn4)n3)CCC2)ccn1. The number of aromatic nitrogens is 4. The fraction of sp³-hybridized carbons (Fsp3) is 0.286. The maximum absolute atomic E-state index is 5.38. The highest BCUT2D eigenvalue weighted by molar-refractivity contribution is 7.07. The Kier molecular flexibility index (Phi) is 2.63. The van der Waals surface area contributed by atoms with Crippen molar-refractivity contribution in [3.8, 4) is 11.6 Å². The molecule has 1 saturated carbocycles. The van der Waals surface area contributed by atoms with Crippen molar-refractivity contribution in [1.29, 1.82) is 0 Å². The van der Waals surface area contributed by atoms with Gasteiger partial charge in [-0.3, -0.25) is 4.98 Å². The summed E-state index contributed by atoms with van der Waals surface area (Å²) in [6, 6.07) is 4.08. The third-order valence-electron chi connectivity index (χ3n) is 3.95. The van der Waals surface area contributed by atoms with Gasteiger partial charge in [0.15, 0.2) is 5.82 Å². The summed E-state index contributed by atoms with van der Waals surface area (Å²) < 4.78 is 5.38. The number of thiazole rings is 1. The zero-order valence-corrected chi connectivity index (χ0v) is 11.5. The van der Waals surface area contributed by atoms with Crippen LogP contribution in [0.1, 0.15) is 30.7 Å². The lowest BCUT2D eigenvalue weighted by Gasteiger charge is -2.39. The summed E-state index contributed by atoms with van der Waals surface area (Å²) in [7, 11) is 0. The number of rotatable bonds is 3. The van der Waals surface area contributed by atoms with Crippen molar-refractivity contribution in [2.45, 2.75) is 24.7 Å². The van der Waals surface area contributed by atoms with Crippen LogP contribution in [0.15, 0.2) is 39.9 Å². The fourth-order valence-corrected chi connectivity index (χ4v) is 3.21. The summed E-state index contributed by atoms with van der Waals surface area (Å²) in [5, 5.41) is 6.11. The highest BCUT2D eigenvalue weighted by Gasteiger charge is 2.44. The van der Waals surface area contributed by atoms with Crippen LogP contribution in [0.5, 0.6) is 0 Å². The van der Waals surface area contributed by atoms with Gasteiger partial charge in [-0.2, -0.15) is 4.98 Å². The van der Waals surface area contributed by atoms with E-state index in [9.17, 15) is 0 Å². The number of pyridine rings is 1. The first kappa shape index (κ1) is 11.7. The molecule has 3 aromatic rings. The maximum Gasteiger partial charge on any atom is 0.277 e. The van der Waals surface area contributed by atoms with Crippen LogP contribution in [-0.2, 0) is 5.41 Å². The second-order valence-electron chi connectivity index (χ2n) is 4.97. The summed E-state index contributed by atoms with van der Waals surface area (Å²) in [5.41, 5.74) is 3.62. The van der Waals surface area contributed by atoms with E-state index in [1.54, 1.807) is 5.51 Å². The van der Waals surface area contributed by atoms with Crippen LogP contribution >= 0.6 is 11.3 Å². The molecule has 0 saturated heterocycles. The van der Waals surface area contributed by atoms with Crippen LogP contribution in [0.2, 0.25) is 0 Å². The van der Waals surface area contributed by atoms with Gasteiger partial charge in [0.25, 0.3) is 5.89 Å². The second kappa shape index (κ2) is 4.49. The van der Waals surface area contributed by atoms with Crippen LogP contribution in [0, 0.1) is 0 Å². The number of hydrogen-bond acceptors (Lipinski definition) is 6. The lowest BCUT2D eigenvalue weighted by atomic mass is 9.64. The normalized spacial score (nSPS) is 16.8. The Bertz CT molecular complexity index is 704. The van der Waals surface area contributed by atoms with Crippen molar-refractivity contribution in [3.63, 3.8) is 0 Å². The third-order valence-corrected chi connectivity index (χ3v) is 4.53. The van der Waals surface area contributed by atoms with E-state index < -0.39 is 0 Å². The summed E-state index contributed by atoms with van der Waals surface area (Å²) in [5.74, 6) is 1.26. The van der Waals surface area contributed by atoms with E-state index in [-0.39, 0.29) is 5.41 Å². The molecule has 1 aliphatic rings. The van der Waals surface area contributed by atoms with E-state index in [0.29, 0.717) is 5.89 Å². The Labute approximate surface area is 119 Å². The smallest absolute Gasteiger partial charge is 0.277 e. The third kappa shape index (κ3) is 1.68. The van der Waals surface area contributed by atoms with Gasteiger partial charge in [0.05, 0.1) is 10.9 Å². The molecule has 3 aromatic heterocycles. The van der Waals surface area contributed by atoms with Crippen LogP contribution in [0.25, 0.3) is 11.6 Å². The van der Waals surface area contributed by atoms with Crippen molar-refractivity contribution in [3.05, 3.63) is 46.8 Å². The summed E-state index contributed by atoms with van der Waals surface area (Å²) >= 11 is 1.52. The fourth-order valence-electron chi connectivity index (χ4n) is 2.68. The van der Waals surface area contributed by atoms with Gasteiger partial charge in [-0.15, -0.1) is 11.3 Å². The molecule has 0 spiro atoms. The molecule has 5 nitrogen and oxygen atoms in total. The van der Waals surface area contributed by atoms with Gasteiger partial charge in [0.2, 0.25) is 0 Å². The topological polar surface area (TPSA) is 64.7 Å². The lowest BCUT2D eigenvalue weighted by Crippen LogP contribution is -2.36. The van der Waals surface area contributed by atoms with Crippen molar-refractivity contribution < 1.29 is 4.52 Å².